The van der Waals surface area contributed by atoms with Gasteiger partial charge in [-0.15, -0.1) is 0 Å². The van der Waals surface area contributed by atoms with Gasteiger partial charge in [0.15, 0.2) is 0 Å². The maximum absolute atomic E-state index is 14.7. The van der Waals surface area contributed by atoms with Crippen molar-refractivity contribution in [2.24, 2.45) is 0 Å². The number of piperidine rings is 1. The Bertz CT molecular complexity index is 1180. The van der Waals surface area contributed by atoms with Crippen LogP contribution in [-0.2, 0) is 21.2 Å². The van der Waals surface area contributed by atoms with Gasteiger partial charge < -0.3 is 20.1 Å². The van der Waals surface area contributed by atoms with Gasteiger partial charge in [0.05, 0.1) is 17.0 Å². The van der Waals surface area contributed by atoms with Crippen LogP contribution < -0.4 is 14.8 Å². The summed E-state index contributed by atoms with van der Waals surface area (Å²) in [5.74, 6) is -0.867. The Labute approximate surface area is 202 Å². The van der Waals surface area contributed by atoms with E-state index < -0.39 is 27.8 Å². The fraction of sp³-hybridized carbons (Fsp3) is 0.455. The first-order valence-corrected chi connectivity index (χ1v) is 12.8. The second-order valence-corrected chi connectivity index (χ2v) is 9.97. The SMILES string of the molecule is CCC(=O)NS(=O)(=O)CCc1ccc(Nc2ncnc(OC3CCN(C(=O)O)CC3)c2C)c(F)c1. The van der Waals surface area contributed by atoms with Crippen LogP contribution in [0.1, 0.15) is 37.3 Å². The minimum Gasteiger partial charge on any atom is -0.474 e. The van der Waals surface area contributed by atoms with Crippen LogP contribution in [0, 0.1) is 12.7 Å². The summed E-state index contributed by atoms with van der Waals surface area (Å²) in [5.41, 5.74) is 1.16. The van der Waals surface area contributed by atoms with E-state index in [1.54, 1.807) is 19.9 Å². The first-order valence-electron chi connectivity index (χ1n) is 11.1. The van der Waals surface area contributed by atoms with Crippen molar-refractivity contribution in [2.45, 2.75) is 45.6 Å². The predicted molar refractivity (Wildman–Crippen MR) is 126 cm³/mol. The Morgan fingerprint density at radius 3 is 2.60 bits per heavy atom. The summed E-state index contributed by atoms with van der Waals surface area (Å²) < 4.78 is 46.5. The first-order chi connectivity index (χ1) is 16.6. The molecule has 0 aliphatic carbocycles. The lowest BCUT2D eigenvalue weighted by Crippen LogP contribution is -2.41. The molecule has 2 amide bonds. The number of ether oxygens (including phenoxy) is 1. The van der Waals surface area contributed by atoms with Crippen molar-refractivity contribution >= 4 is 33.5 Å². The lowest BCUT2D eigenvalue weighted by atomic mass is 10.1. The number of sulfonamides is 1. The topological polar surface area (TPSA) is 151 Å². The van der Waals surface area contributed by atoms with Crippen LogP contribution >= 0.6 is 0 Å². The zero-order chi connectivity index (χ0) is 25.6. The molecule has 0 radical (unpaired) electrons. The average Bonchev–Trinajstić information content (AvgIpc) is 2.81. The van der Waals surface area contributed by atoms with Crippen molar-refractivity contribution in [1.82, 2.24) is 19.6 Å². The number of carbonyl (C=O) groups excluding carboxylic acids is 1. The second-order valence-electron chi connectivity index (χ2n) is 8.13. The number of benzene rings is 1. The summed E-state index contributed by atoms with van der Waals surface area (Å²) in [6, 6.07) is 4.29. The highest BCUT2D eigenvalue weighted by atomic mass is 32.2. The molecule has 13 heteroatoms. The van der Waals surface area contributed by atoms with E-state index in [0.29, 0.717) is 48.8 Å². The molecule has 2 aromatic rings. The molecule has 0 saturated carbocycles. The molecule has 1 aromatic heterocycles. The van der Waals surface area contributed by atoms with Crippen LogP contribution in [0.3, 0.4) is 0 Å². The van der Waals surface area contributed by atoms with E-state index >= 15 is 0 Å². The number of nitrogens with zero attached hydrogens (tertiary/aromatic N) is 3. The molecular weight excluding hydrogens is 481 g/mol. The maximum Gasteiger partial charge on any atom is 0.407 e. The van der Waals surface area contributed by atoms with E-state index in [-0.39, 0.29) is 30.4 Å². The van der Waals surface area contributed by atoms with Crippen LogP contribution in [0.5, 0.6) is 5.88 Å². The molecule has 190 valence electrons. The molecule has 3 rings (SSSR count). The Kier molecular flexibility index (Phi) is 8.43. The van der Waals surface area contributed by atoms with Crippen LogP contribution in [0.15, 0.2) is 24.5 Å². The number of nitrogens with one attached hydrogen (secondary N) is 2. The van der Waals surface area contributed by atoms with Gasteiger partial charge >= 0.3 is 6.09 Å². The van der Waals surface area contributed by atoms with E-state index in [1.807, 2.05) is 4.72 Å². The van der Waals surface area contributed by atoms with Crippen LogP contribution in [0.2, 0.25) is 0 Å². The number of aromatic nitrogens is 2. The Balaban J connectivity index is 1.63. The Morgan fingerprint density at radius 1 is 1.26 bits per heavy atom. The van der Waals surface area contributed by atoms with E-state index in [4.69, 9.17) is 9.84 Å². The molecule has 0 atom stereocenters. The molecule has 1 aliphatic heterocycles. The molecule has 1 saturated heterocycles. The lowest BCUT2D eigenvalue weighted by Gasteiger charge is -2.30. The van der Waals surface area contributed by atoms with Crippen molar-refractivity contribution in [3.05, 3.63) is 41.5 Å². The third kappa shape index (κ3) is 7.25. The van der Waals surface area contributed by atoms with Crippen molar-refractivity contribution in [3.63, 3.8) is 0 Å². The molecule has 3 N–H and O–H groups in total. The summed E-state index contributed by atoms with van der Waals surface area (Å²) >= 11 is 0. The van der Waals surface area contributed by atoms with E-state index in [0.717, 1.165) is 0 Å². The van der Waals surface area contributed by atoms with Crippen molar-refractivity contribution in [1.29, 1.82) is 0 Å². The number of amides is 2. The zero-order valence-corrected chi connectivity index (χ0v) is 20.3. The van der Waals surface area contributed by atoms with Crippen molar-refractivity contribution in [2.75, 3.05) is 24.2 Å². The number of aryl methyl sites for hydroxylation is 1. The van der Waals surface area contributed by atoms with Crippen molar-refractivity contribution < 1.29 is 32.2 Å². The van der Waals surface area contributed by atoms with Gasteiger partial charge in [0, 0.05) is 32.4 Å². The van der Waals surface area contributed by atoms with Crippen molar-refractivity contribution in [3.8, 4) is 5.88 Å². The number of carboxylic acid groups (broad SMARTS) is 1. The van der Waals surface area contributed by atoms with E-state index in [9.17, 15) is 22.4 Å². The number of anilines is 2. The molecule has 0 spiro atoms. The van der Waals surface area contributed by atoms with Gasteiger partial charge in [-0.05, 0) is 31.0 Å². The van der Waals surface area contributed by atoms with Gasteiger partial charge in [-0.25, -0.2) is 27.6 Å². The fourth-order valence-electron chi connectivity index (χ4n) is 3.49. The van der Waals surface area contributed by atoms with Crippen LogP contribution in [0.4, 0.5) is 20.7 Å². The smallest absolute Gasteiger partial charge is 0.407 e. The average molecular weight is 510 g/mol. The summed E-state index contributed by atoms with van der Waals surface area (Å²) in [5, 5.41) is 12.0. The molecule has 0 bridgehead atoms. The van der Waals surface area contributed by atoms with Gasteiger partial charge in [0.25, 0.3) is 0 Å². The van der Waals surface area contributed by atoms with Crippen LogP contribution in [0.25, 0.3) is 0 Å². The van der Waals surface area contributed by atoms with E-state index in [2.05, 4.69) is 15.3 Å². The first kappa shape index (κ1) is 26.1. The standard InChI is InChI=1S/C22H28FN5O6S/c1-3-19(29)27-35(32,33)11-8-15-4-5-18(17(23)12-15)26-20-14(2)21(25-13-24-20)34-16-6-9-28(10-7-16)22(30)31/h4-5,12-13,16H,3,6-11H2,1-2H3,(H,27,29)(H,30,31)(H,24,25,26). The highest BCUT2D eigenvalue weighted by Crippen LogP contribution is 2.28. The summed E-state index contributed by atoms with van der Waals surface area (Å²) in [6.07, 6.45) is 1.30. The fourth-order valence-corrected chi connectivity index (χ4v) is 4.59. The van der Waals surface area contributed by atoms with Gasteiger partial charge in [0.2, 0.25) is 21.8 Å². The molecule has 1 aliphatic rings. The second kappa shape index (κ2) is 11.3. The quantitative estimate of drug-likeness (QED) is 0.463. The summed E-state index contributed by atoms with van der Waals surface area (Å²) in [7, 11) is -3.79. The molecule has 0 unspecified atom stereocenters. The molecule has 1 fully saturated rings. The molecule has 1 aromatic carbocycles. The highest BCUT2D eigenvalue weighted by Gasteiger charge is 2.24. The highest BCUT2D eigenvalue weighted by molar-refractivity contribution is 7.90. The number of hydrogen-bond acceptors (Lipinski definition) is 8. The number of hydrogen-bond donors (Lipinski definition) is 3. The predicted octanol–water partition coefficient (Wildman–Crippen LogP) is 2.59. The number of halogens is 1. The maximum atomic E-state index is 14.7. The third-order valence-electron chi connectivity index (χ3n) is 5.57. The van der Waals surface area contributed by atoms with Gasteiger partial charge in [-0.1, -0.05) is 13.0 Å². The van der Waals surface area contributed by atoms with Gasteiger partial charge in [-0.3, -0.25) is 9.52 Å². The van der Waals surface area contributed by atoms with Crippen LogP contribution in [-0.4, -0.2) is 65.3 Å². The summed E-state index contributed by atoms with van der Waals surface area (Å²) in [6.45, 7) is 4.02. The minimum atomic E-state index is -3.79. The number of likely N-dealkylation sites (tertiary alicyclic amines) is 1. The number of carbonyl (C=O) groups is 2. The molecule has 11 nitrogen and oxygen atoms in total. The number of rotatable bonds is 9. The van der Waals surface area contributed by atoms with Gasteiger partial charge in [-0.2, -0.15) is 0 Å². The molecular formula is C22H28FN5O6S. The Morgan fingerprint density at radius 2 is 1.97 bits per heavy atom. The minimum absolute atomic E-state index is 0.0365. The van der Waals surface area contributed by atoms with E-state index in [1.165, 1.54) is 23.4 Å². The normalized spacial score (nSPS) is 14.4. The molecule has 2 heterocycles. The summed E-state index contributed by atoms with van der Waals surface area (Å²) in [4.78, 5) is 32.0. The Hall–Kier alpha value is -3.48. The van der Waals surface area contributed by atoms with Gasteiger partial charge in [0.1, 0.15) is 24.1 Å². The largest absolute Gasteiger partial charge is 0.474 e. The zero-order valence-electron chi connectivity index (χ0n) is 19.5. The molecule has 35 heavy (non-hydrogen) atoms. The third-order valence-corrected chi connectivity index (χ3v) is 6.85. The lowest BCUT2D eigenvalue weighted by molar-refractivity contribution is -0.119. The monoisotopic (exact) mass is 509 g/mol.